The van der Waals surface area contributed by atoms with Crippen molar-refractivity contribution in [1.29, 1.82) is 0 Å². The van der Waals surface area contributed by atoms with E-state index in [-0.39, 0.29) is 12.4 Å². The molecule has 0 saturated heterocycles. The highest BCUT2D eigenvalue weighted by atomic mass is 16.5. The number of carbonyl (C=O) groups excluding carboxylic acids is 1. The number of benzene rings is 1. The number of nitrogens with two attached hydrogens (primary N) is 1. The third-order valence-corrected chi connectivity index (χ3v) is 2.70. The van der Waals surface area contributed by atoms with Crippen molar-refractivity contribution in [3.8, 4) is 0 Å². The van der Waals surface area contributed by atoms with E-state index in [2.05, 4.69) is 4.98 Å². The Morgan fingerprint density at radius 2 is 1.95 bits per heavy atom. The van der Waals surface area contributed by atoms with Crippen LogP contribution in [0.2, 0.25) is 0 Å². The molecule has 1 aromatic heterocycles. The Hall–Kier alpha value is -2.36. The summed E-state index contributed by atoms with van der Waals surface area (Å²) in [6, 6.07) is 11.0. The first kappa shape index (κ1) is 13.1. The summed E-state index contributed by atoms with van der Waals surface area (Å²) in [4.78, 5) is 15.6. The zero-order valence-corrected chi connectivity index (χ0v) is 10.6. The van der Waals surface area contributed by atoms with Crippen molar-refractivity contribution < 1.29 is 9.53 Å². The summed E-state index contributed by atoms with van der Waals surface area (Å²) in [7, 11) is 0. The lowest BCUT2D eigenvalue weighted by Gasteiger charge is -2.05. The van der Waals surface area contributed by atoms with Gasteiger partial charge in [0.25, 0.3) is 0 Å². The van der Waals surface area contributed by atoms with Crippen LogP contribution in [0.4, 0.5) is 5.69 Å². The molecule has 4 nitrogen and oxygen atoms in total. The Morgan fingerprint density at radius 1 is 1.16 bits per heavy atom. The molecule has 0 radical (unpaired) electrons. The highest BCUT2D eigenvalue weighted by molar-refractivity contribution is 5.72. The monoisotopic (exact) mass is 256 g/mol. The Bertz CT molecular complexity index is 524. The molecule has 0 atom stereocenters. The van der Waals surface area contributed by atoms with Gasteiger partial charge in [0.1, 0.15) is 0 Å². The Morgan fingerprint density at radius 3 is 2.63 bits per heavy atom. The van der Waals surface area contributed by atoms with Gasteiger partial charge in [-0.25, -0.2) is 0 Å². The molecule has 19 heavy (non-hydrogen) atoms. The van der Waals surface area contributed by atoms with Crippen molar-refractivity contribution in [2.75, 3.05) is 12.3 Å². The van der Waals surface area contributed by atoms with E-state index >= 15 is 0 Å². The summed E-state index contributed by atoms with van der Waals surface area (Å²) in [5.41, 5.74) is 8.23. The summed E-state index contributed by atoms with van der Waals surface area (Å²) in [6.45, 7) is 0.375. The minimum absolute atomic E-state index is 0.228. The van der Waals surface area contributed by atoms with E-state index in [0.717, 1.165) is 11.1 Å². The van der Waals surface area contributed by atoms with Gasteiger partial charge in [-0.2, -0.15) is 0 Å². The molecule has 0 aliphatic carbocycles. The topological polar surface area (TPSA) is 65.2 Å². The van der Waals surface area contributed by atoms with E-state index in [9.17, 15) is 4.79 Å². The van der Waals surface area contributed by atoms with E-state index in [1.165, 1.54) is 0 Å². The van der Waals surface area contributed by atoms with Crippen molar-refractivity contribution >= 4 is 11.7 Å². The first-order valence-corrected chi connectivity index (χ1v) is 6.13. The fraction of sp³-hybridized carbons (Fsp3) is 0.200. The number of aromatic nitrogens is 1. The van der Waals surface area contributed by atoms with Crippen LogP contribution in [-0.2, 0) is 22.4 Å². The van der Waals surface area contributed by atoms with Crippen LogP contribution in [0, 0.1) is 0 Å². The van der Waals surface area contributed by atoms with Gasteiger partial charge in [-0.1, -0.05) is 18.2 Å². The summed E-state index contributed by atoms with van der Waals surface area (Å²) in [5, 5.41) is 0. The molecule has 0 spiro atoms. The van der Waals surface area contributed by atoms with E-state index in [0.29, 0.717) is 18.7 Å². The van der Waals surface area contributed by atoms with Gasteiger partial charge in [0.05, 0.1) is 13.0 Å². The van der Waals surface area contributed by atoms with E-state index in [1.54, 1.807) is 24.5 Å². The maximum atomic E-state index is 11.6. The predicted octanol–water partition coefficient (Wildman–Crippen LogP) is 1.99. The molecular weight excluding hydrogens is 240 g/mol. The molecule has 0 bridgehead atoms. The zero-order chi connectivity index (χ0) is 13.5. The number of carbonyl (C=O) groups is 1. The van der Waals surface area contributed by atoms with E-state index in [4.69, 9.17) is 10.5 Å². The van der Waals surface area contributed by atoms with Gasteiger partial charge in [-0.05, 0) is 29.3 Å². The maximum absolute atomic E-state index is 11.6. The van der Waals surface area contributed by atoms with Gasteiger partial charge in [0.15, 0.2) is 0 Å². The normalized spacial score (nSPS) is 10.1. The smallest absolute Gasteiger partial charge is 0.310 e. The highest BCUT2D eigenvalue weighted by Gasteiger charge is 2.04. The summed E-state index contributed by atoms with van der Waals surface area (Å²) < 4.78 is 5.18. The standard InChI is InChI=1S/C15H16N2O2/c16-14-5-3-12(4-6-14)10-15(18)19-9-7-13-2-1-8-17-11-13/h1-6,8,11H,7,9-10,16H2. The molecular formula is C15H16N2O2. The van der Waals surface area contributed by atoms with Gasteiger partial charge < -0.3 is 10.5 Å². The average molecular weight is 256 g/mol. The third-order valence-electron chi connectivity index (χ3n) is 2.70. The molecule has 0 amide bonds. The number of esters is 1. The summed E-state index contributed by atoms with van der Waals surface area (Å²) in [6.07, 6.45) is 4.44. The van der Waals surface area contributed by atoms with Gasteiger partial charge >= 0.3 is 5.97 Å². The number of nitrogen functional groups attached to an aromatic ring is 1. The number of hydrogen-bond acceptors (Lipinski definition) is 4. The van der Waals surface area contributed by atoms with Crippen molar-refractivity contribution in [2.24, 2.45) is 0 Å². The lowest BCUT2D eigenvalue weighted by molar-refractivity contribution is -0.142. The molecule has 2 N–H and O–H groups in total. The first-order valence-electron chi connectivity index (χ1n) is 6.13. The fourth-order valence-electron chi connectivity index (χ4n) is 1.68. The minimum Gasteiger partial charge on any atom is -0.465 e. The quantitative estimate of drug-likeness (QED) is 0.656. The van der Waals surface area contributed by atoms with Gasteiger partial charge in [0.2, 0.25) is 0 Å². The molecule has 0 aliphatic rings. The minimum atomic E-state index is -0.228. The maximum Gasteiger partial charge on any atom is 0.310 e. The molecule has 0 fully saturated rings. The van der Waals surface area contributed by atoms with E-state index < -0.39 is 0 Å². The van der Waals surface area contributed by atoms with Crippen LogP contribution in [0.3, 0.4) is 0 Å². The molecule has 1 aromatic carbocycles. The van der Waals surface area contributed by atoms with Gasteiger partial charge in [-0.3, -0.25) is 9.78 Å². The number of ether oxygens (including phenoxy) is 1. The van der Waals surface area contributed by atoms with Crippen LogP contribution in [0.25, 0.3) is 0 Å². The third kappa shape index (κ3) is 4.43. The Labute approximate surface area is 112 Å². The molecule has 2 rings (SSSR count). The van der Waals surface area contributed by atoms with Crippen LogP contribution in [-0.4, -0.2) is 17.6 Å². The van der Waals surface area contributed by atoms with Crippen LogP contribution in [0.15, 0.2) is 48.8 Å². The highest BCUT2D eigenvalue weighted by Crippen LogP contribution is 2.07. The lowest BCUT2D eigenvalue weighted by atomic mass is 10.1. The zero-order valence-electron chi connectivity index (χ0n) is 10.6. The lowest BCUT2D eigenvalue weighted by Crippen LogP contribution is -2.10. The fourth-order valence-corrected chi connectivity index (χ4v) is 1.68. The SMILES string of the molecule is Nc1ccc(CC(=O)OCCc2cccnc2)cc1. The van der Waals surface area contributed by atoms with Crippen LogP contribution >= 0.6 is 0 Å². The second-order valence-corrected chi connectivity index (χ2v) is 4.25. The van der Waals surface area contributed by atoms with Gasteiger partial charge in [0, 0.05) is 24.5 Å². The Kier molecular flexibility index (Phi) is 4.50. The number of nitrogens with zero attached hydrogens (tertiary/aromatic N) is 1. The number of hydrogen-bond donors (Lipinski definition) is 1. The molecule has 98 valence electrons. The van der Waals surface area contributed by atoms with Crippen LogP contribution < -0.4 is 5.73 Å². The summed E-state index contributed by atoms with van der Waals surface area (Å²) in [5.74, 6) is -0.228. The molecule has 1 heterocycles. The van der Waals surface area contributed by atoms with Crippen molar-refractivity contribution in [3.05, 3.63) is 59.9 Å². The molecule has 0 unspecified atom stereocenters. The first-order chi connectivity index (χ1) is 9.24. The van der Waals surface area contributed by atoms with Crippen molar-refractivity contribution in [1.82, 2.24) is 4.98 Å². The molecule has 0 saturated carbocycles. The molecule has 0 aliphatic heterocycles. The number of anilines is 1. The predicted molar refractivity (Wildman–Crippen MR) is 73.5 cm³/mol. The summed E-state index contributed by atoms with van der Waals surface area (Å²) >= 11 is 0. The van der Waals surface area contributed by atoms with Crippen molar-refractivity contribution in [3.63, 3.8) is 0 Å². The van der Waals surface area contributed by atoms with Crippen LogP contribution in [0.5, 0.6) is 0 Å². The van der Waals surface area contributed by atoms with Crippen LogP contribution in [0.1, 0.15) is 11.1 Å². The van der Waals surface area contributed by atoms with E-state index in [1.807, 2.05) is 24.3 Å². The Balaban J connectivity index is 1.74. The molecule has 2 aromatic rings. The number of rotatable bonds is 5. The molecule has 4 heteroatoms. The van der Waals surface area contributed by atoms with Gasteiger partial charge in [-0.15, -0.1) is 0 Å². The number of pyridine rings is 1. The second kappa shape index (κ2) is 6.54. The average Bonchev–Trinajstić information content (AvgIpc) is 2.43. The van der Waals surface area contributed by atoms with Crippen molar-refractivity contribution in [2.45, 2.75) is 12.8 Å². The largest absolute Gasteiger partial charge is 0.465 e. The second-order valence-electron chi connectivity index (χ2n) is 4.25.